The molecule has 19 heavy (non-hydrogen) atoms. The van der Waals surface area contributed by atoms with Crippen LogP contribution in [0.25, 0.3) is 0 Å². The third-order valence-corrected chi connectivity index (χ3v) is 4.77. The Hall–Kier alpha value is -0.840. The lowest BCUT2D eigenvalue weighted by molar-refractivity contribution is -0.129. The number of ether oxygens (including phenoxy) is 1. The first-order valence-electron chi connectivity index (χ1n) is 6.57. The highest BCUT2D eigenvalue weighted by molar-refractivity contribution is 7.98. The van der Waals surface area contributed by atoms with Gasteiger partial charge in [0.25, 0.3) is 0 Å². The first-order valence-corrected chi connectivity index (χ1v) is 7.80. The van der Waals surface area contributed by atoms with Crippen molar-refractivity contribution in [1.82, 2.24) is 5.32 Å². The number of nitrogens with one attached hydrogen (secondary N) is 1. The minimum absolute atomic E-state index is 0.105. The molecule has 1 aliphatic rings. The molecular weight excluding hydrogens is 258 g/mol. The SMILES string of the molecule is CSc1ccccc1C(C)(C(C)=O)C1CNCCO1. The Morgan fingerprint density at radius 2 is 2.21 bits per heavy atom. The number of carbonyl (C=O) groups excluding carboxylic acids is 1. The normalized spacial score (nSPS) is 22.8. The van der Waals surface area contributed by atoms with Gasteiger partial charge in [0.2, 0.25) is 0 Å². The van der Waals surface area contributed by atoms with E-state index in [4.69, 9.17) is 4.74 Å². The fourth-order valence-corrected chi connectivity index (χ4v) is 3.31. The monoisotopic (exact) mass is 279 g/mol. The molecule has 1 heterocycles. The highest BCUT2D eigenvalue weighted by Gasteiger charge is 2.43. The van der Waals surface area contributed by atoms with Crippen LogP contribution in [0.1, 0.15) is 19.4 Å². The number of carbonyl (C=O) groups is 1. The van der Waals surface area contributed by atoms with Crippen molar-refractivity contribution in [2.24, 2.45) is 0 Å². The van der Waals surface area contributed by atoms with Crippen molar-refractivity contribution >= 4 is 17.5 Å². The van der Waals surface area contributed by atoms with E-state index in [1.165, 1.54) is 0 Å². The number of thioether (sulfide) groups is 1. The molecule has 2 unspecified atom stereocenters. The van der Waals surface area contributed by atoms with E-state index in [0.29, 0.717) is 6.61 Å². The molecule has 3 nitrogen and oxygen atoms in total. The molecule has 0 aromatic heterocycles. The van der Waals surface area contributed by atoms with Gasteiger partial charge in [-0.15, -0.1) is 11.8 Å². The number of hydrogen-bond acceptors (Lipinski definition) is 4. The molecule has 1 aromatic rings. The molecule has 0 aliphatic carbocycles. The minimum Gasteiger partial charge on any atom is -0.374 e. The van der Waals surface area contributed by atoms with E-state index in [-0.39, 0.29) is 11.9 Å². The molecule has 1 N–H and O–H groups in total. The standard InChI is InChI=1S/C15H21NO2S/c1-11(17)15(2,14-10-16-8-9-18-14)12-6-4-5-7-13(12)19-3/h4-7,14,16H,8-10H2,1-3H3. The van der Waals surface area contributed by atoms with Gasteiger partial charge in [0.15, 0.2) is 0 Å². The molecule has 1 aliphatic heterocycles. The average Bonchev–Trinajstić information content (AvgIpc) is 2.47. The van der Waals surface area contributed by atoms with E-state index >= 15 is 0 Å². The van der Waals surface area contributed by atoms with Crippen LogP contribution < -0.4 is 5.32 Å². The smallest absolute Gasteiger partial charge is 0.142 e. The Balaban J connectivity index is 2.46. The number of rotatable bonds is 4. The first-order chi connectivity index (χ1) is 9.10. The molecule has 0 bridgehead atoms. The van der Waals surface area contributed by atoms with Crippen molar-refractivity contribution in [3.05, 3.63) is 29.8 Å². The summed E-state index contributed by atoms with van der Waals surface area (Å²) in [5, 5.41) is 3.32. The summed E-state index contributed by atoms with van der Waals surface area (Å²) in [5.41, 5.74) is 0.483. The summed E-state index contributed by atoms with van der Waals surface area (Å²) in [5.74, 6) is 0.155. The van der Waals surface area contributed by atoms with Crippen LogP contribution in [0.3, 0.4) is 0 Å². The van der Waals surface area contributed by atoms with Crippen LogP contribution in [0.15, 0.2) is 29.2 Å². The summed E-state index contributed by atoms with van der Waals surface area (Å²) < 4.78 is 5.87. The number of Topliss-reactive ketones (excluding diaryl/α,β-unsaturated/α-hetero) is 1. The van der Waals surface area contributed by atoms with Gasteiger partial charge >= 0.3 is 0 Å². The van der Waals surface area contributed by atoms with Crippen LogP contribution in [0.5, 0.6) is 0 Å². The van der Waals surface area contributed by atoms with Crippen LogP contribution in [-0.2, 0) is 14.9 Å². The fourth-order valence-electron chi connectivity index (χ4n) is 2.60. The van der Waals surface area contributed by atoms with Crippen LogP contribution in [0, 0.1) is 0 Å². The number of hydrogen-bond donors (Lipinski definition) is 1. The van der Waals surface area contributed by atoms with E-state index in [1.807, 2.05) is 31.4 Å². The summed E-state index contributed by atoms with van der Waals surface area (Å²) in [6.45, 7) is 5.90. The van der Waals surface area contributed by atoms with Gasteiger partial charge in [-0.2, -0.15) is 0 Å². The highest BCUT2D eigenvalue weighted by Crippen LogP contribution is 2.37. The molecule has 0 spiro atoms. The van der Waals surface area contributed by atoms with Crippen molar-refractivity contribution < 1.29 is 9.53 Å². The fraction of sp³-hybridized carbons (Fsp3) is 0.533. The van der Waals surface area contributed by atoms with Gasteiger partial charge in [-0.3, -0.25) is 4.79 Å². The molecule has 104 valence electrons. The van der Waals surface area contributed by atoms with Crippen molar-refractivity contribution in [2.75, 3.05) is 26.0 Å². The zero-order valence-electron chi connectivity index (χ0n) is 11.7. The maximum absolute atomic E-state index is 12.3. The largest absolute Gasteiger partial charge is 0.374 e. The number of ketones is 1. The third kappa shape index (κ3) is 2.71. The van der Waals surface area contributed by atoms with Crippen molar-refractivity contribution in [3.63, 3.8) is 0 Å². The van der Waals surface area contributed by atoms with E-state index in [2.05, 4.69) is 11.4 Å². The predicted molar refractivity (Wildman–Crippen MR) is 78.9 cm³/mol. The lowest BCUT2D eigenvalue weighted by Crippen LogP contribution is -2.53. The van der Waals surface area contributed by atoms with Crippen LogP contribution in [0.4, 0.5) is 0 Å². The van der Waals surface area contributed by atoms with Crippen molar-refractivity contribution in [1.29, 1.82) is 0 Å². The molecule has 2 rings (SSSR count). The second-order valence-electron chi connectivity index (χ2n) is 5.02. The maximum Gasteiger partial charge on any atom is 0.142 e. The van der Waals surface area contributed by atoms with Gasteiger partial charge in [-0.05, 0) is 31.7 Å². The van der Waals surface area contributed by atoms with Gasteiger partial charge in [0.05, 0.1) is 18.1 Å². The lowest BCUT2D eigenvalue weighted by Gasteiger charge is -2.39. The average molecular weight is 279 g/mol. The highest BCUT2D eigenvalue weighted by atomic mass is 32.2. The summed E-state index contributed by atoms with van der Waals surface area (Å²) >= 11 is 1.68. The van der Waals surface area contributed by atoms with Crippen molar-refractivity contribution in [2.45, 2.75) is 30.3 Å². The van der Waals surface area contributed by atoms with E-state index in [0.717, 1.165) is 23.5 Å². The molecular formula is C15H21NO2S. The topological polar surface area (TPSA) is 38.3 Å². The van der Waals surface area contributed by atoms with Gasteiger partial charge < -0.3 is 10.1 Å². The molecule has 1 aromatic carbocycles. The van der Waals surface area contributed by atoms with Crippen LogP contribution >= 0.6 is 11.8 Å². The Morgan fingerprint density at radius 1 is 1.47 bits per heavy atom. The molecule has 1 saturated heterocycles. The zero-order valence-corrected chi connectivity index (χ0v) is 12.5. The molecule has 1 fully saturated rings. The van der Waals surface area contributed by atoms with E-state index in [1.54, 1.807) is 18.7 Å². The first kappa shape index (κ1) is 14.6. The molecule has 0 saturated carbocycles. The van der Waals surface area contributed by atoms with Crippen LogP contribution in [-0.4, -0.2) is 37.8 Å². The Kier molecular flexibility index (Phi) is 4.66. The van der Waals surface area contributed by atoms with Crippen molar-refractivity contribution in [3.8, 4) is 0 Å². The Bertz CT molecular complexity index is 457. The van der Waals surface area contributed by atoms with Crippen LogP contribution in [0.2, 0.25) is 0 Å². The quantitative estimate of drug-likeness (QED) is 0.858. The van der Waals surface area contributed by atoms with Gasteiger partial charge in [-0.1, -0.05) is 18.2 Å². The van der Waals surface area contributed by atoms with Gasteiger partial charge in [0, 0.05) is 18.0 Å². The Labute approximate surface area is 119 Å². The summed E-state index contributed by atoms with van der Waals surface area (Å²) in [6, 6.07) is 8.12. The number of benzene rings is 1. The molecule has 2 atom stereocenters. The maximum atomic E-state index is 12.3. The van der Waals surface area contributed by atoms with E-state index in [9.17, 15) is 4.79 Å². The van der Waals surface area contributed by atoms with E-state index < -0.39 is 5.41 Å². The summed E-state index contributed by atoms with van der Waals surface area (Å²) in [7, 11) is 0. The predicted octanol–water partition coefficient (Wildman–Crippen LogP) is 2.24. The van der Waals surface area contributed by atoms with Gasteiger partial charge in [0.1, 0.15) is 5.78 Å². The molecule has 0 radical (unpaired) electrons. The number of morpholine rings is 1. The molecule has 0 amide bonds. The second-order valence-corrected chi connectivity index (χ2v) is 5.87. The summed E-state index contributed by atoms with van der Waals surface area (Å²) in [6.07, 6.45) is 1.94. The lowest BCUT2D eigenvalue weighted by atomic mass is 9.74. The minimum atomic E-state index is -0.590. The second kappa shape index (κ2) is 6.07. The Morgan fingerprint density at radius 3 is 2.79 bits per heavy atom. The summed E-state index contributed by atoms with van der Waals surface area (Å²) in [4.78, 5) is 13.5. The zero-order chi connectivity index (χ0) is 13.9. The third-order valence-electron chi connectivity index (χ3n) is 3.97. The van der Waals surface area contributed by atoms with Gasteiger partial charge in [-0.25, -0.2) is 0 Å². The molecule has 4 heteroatoms.